The van der Waals surface area contributed by atoms with Gasteiger partial charge in [-0.05, 0) is 37.8 Å². The van der Waals surface area contributed by atoms with Crippen LogP contribution in [0.4, 0.5) is 10.5 Å². The van der Waals surface area contributed by atoms with Crippen molar-refractivity contribution in [3.63, 3.8) is 0 Å². The summed E-state index contributed by atoms with van der Waals surface area (Å²) in [6.07, 6.45) is 3.78. The minimum Gasteiger partial charge on any atom is -0.383 e. The molecule has 156 valence electrons. The predicted octanol–water partition coefficient (Wildman–Crippen LogP) is 3.09. The molecule has 0 bridgehead atoms. The van der Waals surface area contributed by atoms with Crippen molar-refractivity contribution in [2.45, 2.75) is 44.2 Å². The van der Waals surface area contributed by atoms with Crippen LogP contribution in [0.3, 0.4) is 0 Å². The number of methoxy groups -OCH3 is 1. The molecule has 1 aliphatic heterocycles. The van der Waals surface area contributed by atoms with Gasteiger partial charge in [-0.1, -0.05) is 23.7 Å². The number of aromatic nitrogens is 3. The molecule has 2 heterocycles. The van der Waals surface area contributed by atoms with E-state index in [1.165, 1.54) is 4.68 Å². The highest BCUT2D eigenvalue weighted by molar-refractivity contribution is 6.33. The maximum atomic E-state index is 12.8. The third-order valence-electron chi connectivity index (χ3n) is 5.51. The van der Waals surface area contributed by atoms with Crippen molar-refractivity contribution >= 4 is 23.3 Å². The standard InChI is InChI=1S/C20H26ClN5O3/c1-29-12-11-25-20(28)26(15-8-9-15)18(23-25)14-5-4-10-24(13-14)19(27)22-17-7-3-2-6-16(17)21/h2-3,6-7,14-15H,4-5,8-13H2,1H3,(H,22,27). The summed E-state index contributed by atoms with van der Waals surface area (Å²) < 4.78 is 8.45. The van der Waals surface area contributed by atoms with Crippen LogP contribution in [0.25, 0.3) is 0 Å². The summed E-state index contributed by atoms with van der Waals surface area (Å²) in [6.45, 7) is 2.08. The first-order chi connectivity index (χ1) is 14.1. The number of halogens is 1. The van der Waals surface area contributed by atoms with E-state index in [4.69, 9.17) is 16.3 Å². The number of likely N-dealkylation sites (tertiary alicyclic amines) is 1. The van der Waals surface area contributed by atoms with Crippen LogP contribution in [0.5, 0.6) is 0 Å². The predicted molar refractivity (Wildman–Crippen MR) is 111 cm³/mol. The van der Waals surface area contributed by atoms with Gasteiger partial charge in [0.05, 0.1) is 23.9 Å². The van der Waals surface area contributed by atoms with Gasteiger partial charge in [-0.25, -0.2) is 14.3 Å². The lowest BCUT2D eigenvalue weighted by Crippen LogP contribution is -2.42. The lowest BCUT2D eigenvalue weighted by molar-refractivity contribution is 0.181. The Bertz CT molecular complexity index is 936. The Balaban J connectivity index is 1.52. The van der Waals surface area contributed by atoms with E-state index < -0.39 is 0 Å². The first-order valence-corrected chi connectivity index (χ1v) is 10.4. The second-order valence-corrected chi connectivity index (χ2v) is 8.06. The minimum atomic E-state index is -0.179. The monoisotopic (exact) mass is 419 g/mol. The highest BCUT2D eigenvalue weighted by atomic mass is 35.5. The zero-order valence-corrected chi connectivity index (χ0v) is 17.3. The topological polar surface area (TPSA) is 81.4 Å². The van der Waals surface area contributed by atoms with Crippen molar-refractivity contribution in [2.24, 2.45) is 0 Å². The van der Waals surface area contributed by atoms with Gasteiger partial charge in [-0.3, -0.25) is 4.57 Å². The second-order valence-electron chi connectivity index (χ2n) is 7.65. The number of piperidine rings is 1. The molecule has 1 aliphatic carbocycles. The molecule has 0 spiro atoms. The van der Waals surface area contributed by atoms with Crippen molar-refractivity contribution in [1.82, 2.24) is 19.2 Å². The maximum absolute atomic E-state index is 12.8. The first kappa shape index (κ1) is 20.0. The lowest BCUT2D eigenvalue weighted by atomic mass is 9.97. The summed E-state index contributed by atoms with van der Waals surface area (Å²) in [5.74, 6) is 0.835. The third kappa shape index (κ3) is 4.33. The number of para-hydroxylation sites is 1. The Labute approximate surface area is 174 Å². The number of nitrogens with zero attached hydrogens (tertiary/aromatic N) is 4. The van der Waals surface area contributed by atoms with Gasteiger partial charge in [0.15, 0.2) is 0 Å². The molecule has 1 unspecified atom stereocenters. The lowest BCUT2D eigenvalue weighted by Gasteiger charge is -2.32. The van der Waals surface area contributed by atoms with Gasteiger partial charge in [-0.2, -0.15) is 5.10 Å². The maximum Gasteiger partial charge on any atom is 0.346 e. The highest BCUT2D eigenvalue weighted by Crippen LogP contribution is 2.37. The molecule has 2 amide bonds. The number of hydrogen-bond acceptors (Lipinski definition) is 4. The van der Waals surface area contributed by atoms with Crippen LogP contribution < -0.4 is 11.0 Å². The molecule has 1 aromatic heterocycles. The van der Waals surface area contributed by atoms with Gasteiger partial charge < -0.3 is 15.0 Å². The van der Waals surface area contributed by atoms with Crippen LogP contribution in [-0.2, 0) is 11.3 Å². The van der Waals surface area contributed by atoms with E-state index in [0.29, 0.717) is 37.0 Å². The molecule has 2 aliphatic rings. The highest BCUT2D eigenvalue weighted by Gasteiger charge is 2.35. The Morgan fingerprint density at radius 1 is 1.31 bits per heavy atom. The number of anilines is 1. The smallest absolute Gasteiger partial charge is 0.346 e. The van der Waals surface area contributed by atoms with E-state index in [1.54, 1.807) is 24.1 Å². The molecule has 8 nitrogen and oxygen atoms in total. The normalized spacial score (nSPS) is 19.4. The number of amides is 2. The van der Waals surface area contributed by atoms with E-state index in [0.717, 1.165) is 31.5 Å². The van der Waals surface area contributed by atoms with E-state index in [9.17, 15) is 9.59 Å². The number of urea groups is 1. The van der Waals surface area contributed by atoms with E-state index in [2.05, 4.69) is 10.4 Å². The van der Waals surface area contributed by atoms with Crippen LogP contribution in [0.2, 0.25) is 5.02 Å². The third-order valence-corrected chi connectivity index (χ3v) is 5.83. The molecule has 2 aromatic rings. The first-order valence-electron chi connectivity index (χ1n) is 10.1. The molecule has 9 heteroatoms. The summed E-state index contributed by atoms with van der Waals surface area (Å²) in [4.78, 5) is 27.4. The largest absolute Gasteiger partial charge is 0.383 e. The van der Waals surface area contributed by atoms with Crippen LogP contribution in [0.1, 0.15) is 43.5 Å². The number of benzene rings is 1. The minimum absolute atomic E-state index is 0.0397. The van der Waals surface area contributed by atoms with Gasteiger partial charge >= 0.3 is 11.7 Å². The van der Waals surface area contributed by atoms with E-state index in [-0.39, 0.29) is 23.7 Å². The van der Waals surface area contributed by atoms with Crippen LogP contribution in [0.15, 0.2) is 29.1 Å². The zero-order chi connectivity index (χ0) is 20.4. The Hall–Kier alpha value is -2.32. The van der Waals surface area contributed by atoms with Gasteiger partial charge in [0.1, 0.15) is 5.82 Å². The molecular weight excluding hydrogens is 394 g/mol. The van der Waals surface area contributed by atoms with Crippen LogP contribution in [0, 0.1) is 0 Å². The number of nitrogens with one attached hydrogen (secondary N) is 1. The number of hydrogen-bond donors (Lipinski definition) is 1. The molecule has 4 rings (SSSR count). The summed E-state index contributed by atoms with van der Waals surface area (Å²) in [5.41, 5.74) is 0.525. The molecule has 1 aromatic carbocycles. The van der Waals surface area contributed by atoms with E-state index in [1.807, 2.05) is 16.7 Å². The number of rotatable bonds is 6. The number of ether oxygens (including phenoxy) is 1. The van der Waals surface area contributed by atoms with Crippen molar-refractivity contribution in [2.75, 3.05) is 32.1 Å². The van der Waals surface area contributed by atoms with Crippen molar-refractivity contribution in [3.8, 4) is 0 Å². The number of carbonyl (C=O) groups is 1. The fraction of sp³-hybridized carbons (Fsp3) is 0.550. The summed E-state index contributed by atoms with van der Waals surface area (Å²) in [6, 6.07) is 7.25. The summed E-state index contributed by atoms with van der Waals surface area (Å²) >= 11 is 6.16. The summed E-state index contributed by atoms with van der Waals surface area (Å²) in [7, 11) is 1.61. The molecular formula is C20H26ClN5O3. The zero-order valence-electron chi connectivity index (χ0n) is 16.5. The Morgan fingerprint density at radius 2 is 2.10 bits per heavy atom. The SMILES string of the molecule is COCCn1nc(C2CCCN(C(=O)Nc3ccccc3Cl)C2)n(C2CC2)c1=O. The molecule has 1 N–H and O–H groups in total. The fourth-order valence-electron chi connectivity index (χ4n) is 3.84. The van der Waals surface area contributed by atoms with Crippen molar-refractivity contribution < 1.29 is 9.53 Å². The van der Waals surface area contributed by atoms with Crippen LogP contribution in [-0.4, -0.2) is 52.1 Å². The number of carbonyl (C=O) groups excluding carboxylic acids is 1. The molecule has 1 saturated carbocycles. The van der Waals surface area contributed by atoms with Crippen LogP contribution >= 0.6 is 11.6 Å². The van der Waals surface area contributed by atoms with Crippen molar-refractivity contribution in [3.05, 3.63) is 45.6 Å². The van der Waals surface area contributed by atoms with E-state index >= 15 is 0 Å². The van der Waals surface area contributed by atoms with Gasteiger partial charge in [-0.15, -0.1) is 0 Å². The molecule has 29 heavy (non-hydrogen) atoms. The van der Waals surface area contributed by atoms with Gasteiger partial charge in [0.2, 0.25) is 0 Å². The van der Waals surface area contributed by atoms with Gasteiger partial charge in [0.25, 0.3) is 0 Å². The molecule has 2 fully saturated rings. The fourth-order valence-corrected chi connectivity index (χ4v) is 4.03. The quantitative estimate of drug-likeness (QED) is 0.780. The van der Waals surface area contributed by atoms with Crippen molar-refractivity contribution in [1.29, 1.82) is 0 Å². The average Bonchev–Trinajstić information content (AvgIpc) is 3.51. The Morgan fingerprint density at radius 3 is 2.83 bits per heavy atom. The van der Waals surface area contributed by atoms with Gasteiger partial charge in [0, 0.05) is 32.2 Å². The molecule has 1 saturated heterocycles. The molecule has 0 radical (unpaired) electrons. The average molecular weight is 420 g/mol. The Kier molecular flexibility index (Phi) is 5.91. The summed E-state index contributed by atoms with van der Waals surface area (Å²) in [5, 5.41) is 8.03. The molecule has 1 atom stereocenters. The second kappa shape index (κ2) is 8.59.